The molecule has 0 aromatic heterocycles. The number of anilines is 1. The van der Waals surface area contributed by atoms with Crippen molar-refractivity contribution in [1.82, 2.24) is 4.90 Å². The molecule has 4 atom stereocenters. The van der Waals surface area contributed by atoms with Crippen molar-refractivity contribution in [3.63, 3.8) is 0 Å². The normalized spacial score (nSPS) is 22.1. The number of methoxy groups -OCH3 is 2. The monoisotopic (exact) mass is 614 g/mol. The fourth-order valence-electron chi connectivity index (χ4n) is 7.44. The summed E-state index contributed by atoms with van der Waals surface area (Å²) >= 11 is 0. The van der Waals surface area contributed by atoms with Crippen molar-refractivity contribution in [2.45, 2.75) is 30.8 Å². The van der Waals surface area contributed by atoms with E-state index in [1.165, 1.54) is 14.2 Å². The molecule has 1 saturated heterocycles. The molecule has 8 nitrogen and oxygen atoms in total. The van der Waals surface area contributed by atoms with Gasteiger partial charge in [-0.2, -0.15) is 0 Å². The molecule has 3 aliphatic heterocycles. The number of hydrogen-bond acceptors (Lipinski definition) is 7. The molecule has 1 amide bonds. The number of ether oxygens (including phenoxy) is 3. The predicted octanol–water partition coefficient (Wildman–Crippen LogP) is 6.47. The van der Waals surface area contributed by atoms with Crippen molar-refractivity contribution in [2.75, 3.05) is 26.1 Å². The minimum Gasteiger partial charge on any atom is -0.494 e. The maximum atomic E-state index is 15.0. The van der Waals surface area contributed by atoms with E-state index in [2.05, 4.69) is 5.32 Å². The summed E-state index contributed by atoms with van der Waals surface area (Å²) in [5, 5.41) is 3.09. The highest BCUT2D eigenvalue weighted by Crippen LogP contribution is 2.62. The summed E-state index contributed by atoms with van der Waals surface area (Å²) in [6, 6.07) is 25.6. The largest absolute Gasteiger partial charge is 0.494 e. The molecule has 0 aliphatic carbocycles. The van der Waals surface area contributed by atoms with Gasteiger partial charge in [-0.1, -0.05) is 49.4 Å². The molecular weight excluding hydrogens is 580 g/mol. The van der Waals surface area contributed by atoms with Crippen molar-refractivity contribution in [2.24, 2.45) is 5.92 Å². The maximum Gasteiger partial charge on any atom is 0.238 e. The molecule has 1 N–H and O–H groups in total. The summed E-state index contributed by atoms with van der Waals surface area (Å²) in [6.45, 7) is 2.58. The van der Waals surface area contributed by atoms with Gasteiger partial charge in [-0.25, -0.2) is 0 Å². The SMILES string of the molecule is CCCOc1ccc(C(=O)[C@H]2[C@H](C(=O)c3ccc(OC)c(OC)c3)N3C=Cc4ccccc4[C@@H]3[C@]23C(=O)Nc2ccccc23)cc1. The number of rotatable bonds is 9. The number of nitrogens with zero attached hydrogens (tertiary/aromatic N) is 1. The quantitative estimate of drug-likeness (QED) is 0.216. The molecule has 1 fully saturated rings. The Morgan fingerprint density at radius 3 is 2.33 bits per heavy atom. The van der Waals surface area contributed by atoms with E-state index in [9.17, 15) is 9.59 Å². The Hall–Kier alpha value is -5.37. The van der Waals surface area contributed by atoms with E-state index in [4.69, 9.17) is 14.2 Å². The second-order valence-electron chi connectivity index (χ2n) is 11.8. The fourth-order valence-corrected chi connectivity index (χ4v) is 7.44. The predicted molar refractivity (Wildman–Crippen MR) is 175 cm³/mol. The van der Waals surface area contributed by atoms with Gasteiger partial charge in [-0.05, 0) is 77.7 Å². The minimum atomic E-state index is -1.41. The number of carbonyl (C=O) groups excluding carboxylic acids is 3. The zero-order valence-electron chi connectivity index (χ0n) is 25.9. The molecule has 1 spiro atoms. The van der Waals surface area contributed by atoms with Crippen molar-refractivity contribution >= 4 is 29.2 Å². The molecule has 7 rings (SSSR count). The van der Waals surface area contributed by atoms with Crippen LogP contribution < -0.4 is 19.5 Å². The van der Waals surface area contributed by atoms with Crippen LogP contribution in [0.5, 0.6) is 17.2 Å². The van der Waals surface area contributed by atoms with E-state index < -0.39 is 23.4 Å². The lowest BCUT2D eigenvalue weighted by Gasteiger charge is -2.38. The number of hydrogen-bond donors (Lipinski definition) is 1. The summed E-state index contributed by atoms with van der Waals surface area (Å²) in [4.78, 5) is 46.5. The number of amides is 1. The third-order valence-electron chi connectivity index (χ3n) is 9.40. The Morgan fingerprint density at radius 1 is 0.848 bits per heavy atom. The van der Waals surface area contributed by atoms with E-state index in [0.717, 1.165) is 17.5 Å². The Morgan fingerprint density at radius 2 is 1.57 bits per heavy atom. The maximum absolute atomic E-state index is 15.0. The van der Waals surface area contributed by atoms with Crippen LogP contribution in [-0.2, 0) is 10.2 Å². The van der Waals surface area contributed by atoms with Gasteiger partial charge in [0.2, 0.25) is 5.91 Å². The lowest BCUT2D eigenvalue weighted by molar-refractivity contribution is -0.122. The van der Waals surface area contributed by atoms with E-state index in [1.54, 1.807) is 42.5 Å². The Kier molecular flexibility index (Phi) is 7.35. The molecule has 232 valence electrons. The van der Waals surface area contributed by atoms with E-state index >= 15 is 4.79 Å². The molecule has 0 radical (unpaired) electrons. The fraction of sp³-hybridized carbons (Fsp3) is 0.237. The van der Waals surface area contributed by atoms with Gasteiger partial charge in [0.1, 0.15) is 17.2 Å². The van der Waals surface area contributed by atoms with Crippen molar-refractivity contribution in [1.29, 1.82) is 0 Å². The zero-order chi connectivity index (χ0) is 32.0. The van der Waals surface area contributed by atoms with Gasteiger partial charge in [0.25, 0.3) is 0 Å². The van der Waals surface area contributed by atoms with Crippen LogP contribution in [0.4, 0.5) is 5.69 Å². The topological polar surface area (TPSA) is 94.2 Å². The molecular formula is C38H34N2O6. The van der Waals surface area contributed by atoms with Crippen LogP contribution in [0.3, 0.4) is 0 Å². The van der Waals surface area contributed by atoms with Crippen molar-refractivity contribution in [3.8, 4) is 17.2 Å². The van der Waals surface area contributed by atoms with E-state index in [0.29, 0.717) is 46.2 Å². The highest BCUT2D eigenvalue weighted by atomic mass is 16.5. The van der Waals surface area contributed by atoms with Crippen LogP contribution in [-0.4, -0.2) is 49.2 Å². The smallest absolute Gasteiger partial charge is 0.238 e. The van der Waals surface area contributed by atoms with Crippen LogP contribution in [0, 0.1) is 5.92 Å². The van der Waals surface area contributed by atoms with E-state index in [-0.39, 0.29) is 17.5 Å². The first kappa shape index (κ1) is 29.3. The highest BCUT2D eigenvalue weighted by molar-refractivity contribution is 6.16. The van der Waals surface area contributed by atoms with Gasteiger partial charge in [0.15, 0.2) is 23.1 Å². The molecule has 4 aromatic carbocycles. The third-order valence-corrected chi connectivity index (χ3v) is 9.40. The van der Waals surface area contributed by atoms with Crippen LogP contribution in [0.25, 0.3) is 6.08 Å². The number of fused-ring (bicyclic) bond motifs is 6. The van der Waals surface area contributed by atoms with Gasteiger partial charge in [-0.15, -0.1) is 0 Å². The molecule has 8 heteroatoms. The van der Waals surface area contributed by atoms with Crippen molar-refractivity contribution in [3.05, 3.63) is 125 Å². The summed E-state index contributed by atoms with van der Waals surface area (Å²) < 4.78 is 16.7. The summed E-state index contributed by atoms with van der Waals surface area (Å²) in [7, 11) is 3.04. The van der Waals surface area contributed by atoms with Gasteiger partial charge in [0.05, 0.1) is 32.8 Å². The average Bonchev–Trinajstić information content (AvgIpc) is 3.58. The second-order valence-corrected chi connectivity index (χ2v) is 11.8. The van der Waals surface area contributed by atoms with Gasteiger partial charge in [-0.3, -0.25) is 14.4 Å². The molecule has 0 bridgehead atoms. The molecule has 3 heterocycles. The summed E-state index contributed by atoms with van der Waals surface area (Å²) in [5.74, 6) is -0.466. The standard InChI is InChI=1S/C38H34N2O6/c1-4-21-46-26-16-13-24(14-17-26)34(41)32-33(35(42)25-15-18-30(44-2)31(22-25)45-3)40-20-19-23-9-5-6-10-27(23)36(40)38(32)28-11-7-8-12-29(28)39-37(38)43/h5-20,22,32-33,36H,4,21H2,1-3H3,(H,39,43)/t32-,33-,36-,38-/m1/s1. The summed E-state index contributed by atoms with van der Waals surface area (Å²) in [5.41, 5.74) is 2.47. The van der Waals surface area contributed by atoms with E-state index in [1.807, 2.05) is 72.6 Å². The Balaban J connectivity index is 1.47. The minimum absolute atomic E-state index is 0.298. The molecule has 4 aromatic rings. The first-order valence-electron chi connectivity index (χ1n) is 15.4. The molecule has 0 saturated carbocycles. The lowest BCUT2D eigenvalue weighted by atomic mass is 9.62. The van der Waals surface area contributed by atoms with Crippen LogP contribution >= 0.6 is 0 Å². The highest BCUT2D eigenvalue weighted by Gasteiger charge is 2.70. The lowest BCUT2D eigenvalue weighted by Crippen LogP contribution is -2.49. The number of benzene rings is 4. The number of para-hydroxylation sites is 1. The van der Waals surface area contributed by atoms with Crippen LogP contribution in [0.2, 0.25) is 0 Å². The summed E-state index contributed by atoms with van der Waals surface area (Å²) in [6.07, 6.45) is 4.66. The van der Waals surface area contributed by atoms with Gasteiger partial charge < -0.3 is 24.4 Å². The van der Waals surface area contributed by atoms with Crippen LogP contribution in [0.15, 0.2) is 97.2 Å². The van der Waals surface area contributed by atoms with Crippen LogP contribution in [0.1, 0.15) is 56.8 Å². The number of ketones is 2. The molecule has 46 heavy (non-hydrogen) atoms. The molecule has 0 unspecified atom stereocenters. The third kappa shape index (κ3) is 4.31. The number of nitrogens with one attached hydrogen (secondary N) is 1. The first-order valence-corrected chi connectivity index (χ1v) is 15.4. The molecule has 3 aliphatic rings. The Labute approximate surface area is 267 Å². The average molecular weight is 615 g/mol. The number of carbonyl (C=O) groups is 3. The Bertz CT molecular complexity index is 1880. The van der Waals surface area contributed by atoms with Gasteiger partial charge in [0, 0.05) is 23.0 Å². The second kappa shape index (κ2) is 11.5. The first-order chi connectivity index (χ1) is 22.4. The van der Waals surface area contributed by atoms with Gasteiger partial charge >= 0.3 is 0 Å². The van der Waals surface area contributed by atoms with Crippen molar-refractivity contribution < 1.29 is 28.6 Å². The number of Topliss-reactive ketones (excluding diaryl/α,β-unsaturated/α-hetero) is 2. The zero-order valence-corrected chi connectivity index (χ0v) is 25.9.